The quantitative estimate of drug-likeness (QED) is 0.570. The number of nitrogens with two attached hydrogens (primary N) is 1. The molecule has 2 atom stereocenters. The number of nitrogens with one attached hydrogen (secondary N) is 1. The Morgan fingerprint density at radius 1 is 1.35 bits per heavy atom. The SMILES string of the molecule is COCCSc1ccc(C(C)NC(=O)C(C)CN)cc1. The Morgan fingerprint density at radius 3 is 2.55 bits per heavy atom. The molecular formula is C15H24N2O2S. The van der Waals surface area contributed by atoms with E-state index in [1.807, 2.05) is 26.0 Å². The van der Waals surface area contributed by atoms with Gasteiger partial charge in [-0.05, 0) is 24.6 Å². The Bertz CT molecular complexity index is 409. The van der Waals surface area contributed by atoms with Crippen LogP contribution in [0.25, 0.3) is 0 Å². The molecule has 4 nitrogen and oxygen atoms in total. The normalized spacial score (nSPS) is 13.8. The van der Waals surface area contributed by atoms with E-state index in [1.54, 1.807) is 18.9 Å². The summed E-state index contributed by atoms with van der Waals surface area (Å²) in [6, 6.07) is 8.24. The first kappa shape index (κ1) is 17.0. The van der Waals surface area contributed by atoms with Crippen LogP contribution >= 0.6 is 11.8 Å². The van der Waals surface area contributed by atoms with Crippen LogP contribution < -0.4 is 11.1 Å². The lowest BCUT2D eigenvalue weighted by atomic mass is 10.1. The first-order valence-corrected chi connectivity index (χ1v) is 7.79. The third-order valence-corrected chi connectivity index (χ3v) is 4.07. The van der Waals surface area contributed by atoms with E-state index in [1.165, 1.54) is 4.90 Å². The second-order valence-corrected chi connectivity index (χ2v) is 5.95. The number of ether oxygens (including phenoxy) is 1. The van der Waals surface area contributed by atoms with Crippen LogP contribution in [0.3, 0.4) is 0 Å². The molecule has 0 aliphatic rings. The van der Waals surface area contributed by atoms with Crippen molar-refractivity contribution in [1.29, 1.82) is 0 Å². The summed E-state index contributed by atoms with van der Waals surface area (Å²) in [6.07, 6.45) is 0. The maximum absolute atomic E-state index is 11.8. The number of rotatable bonds is 8. The highest BCUT2D eigenvalue weighted by atomic mass is 32.2. The summed E-state index contributed by atoms with van der Waals surface area (Å²) < 4.78 is 5.02. The van der Waals surface area contributed by atoms with Gasteiger partial charge in [0.1, 0.15) is 0 Å². The minimum Gasteiger partial charge on any atom is -0.384 e. The summed E-state index contributed by atoms with van der Waals surface area (Å²) >= 11 is 1.76. The first-order valence-electron chi connectivity index (χ1n) is 6.80. The van der Waals surface area contributed by atoms with Gasteiger partial charge >= 0.3 is 0 Å². The lowest BCUT2D eigenvalue weighted by molar-refractivity contribution is -0.124. The predicted molar refractivity (Wildman–Crippen MR) is 83.8 cm³/mol. The van der Waals surface area contributed by atoms with E-state index in [0.717, 1.165) is 17.9 Å². The molecule has 3 N–H and O–H groups in total. The van der Waals surface area contributed by atoms with Gasteiger partial charge in [-0.2, -0.15) is 0 Å². The van der Waals surface area contributed by atoms with Gasteiger partial charge in [-0.3, -0.25) is 4.79 Å². The second kappa shape index (κ2) is 9.00. The van der Waals surface area contributed by atoms with Crippen molar-refractivity contribution in [3.8, 4) is 0 Å². The number of carbonyl (C=O) groups excluding carboxylic acids is 1. The van der Waals surface area contributed by atoms with Crippen molar-refractivity contribution in [3.05, 3.63) is 29.8 Å². The molecule has 0 aliphatic heterocycles. The Labute approximate surface area is 125 Å². The van der Waals surface area contributed by atoms with Crippen LogP contribution in [0.15, 0.2) is 29.2 Å². The van der Waals surface area contributed by atoms with Crippen LogP contribution in [0.4, 0.5) is 0 Å². The summed E-state index contributed by atoms with van der Waals surface area (Å²) in [4.78, 5) is 13.0. The number of thioether (sulfide) groups is 1. The van der Waals surface area contributed by atoms with Crippen LogP contribution in [-0.2, 0) is 9.53 Å². The Hall–Kier alpha value is -1.04. The van der Waals surface area contributed by atoms with Gasteiger partial charge in [-0.25, -0.2) is 0 Å². The largest absolute Gasteiger partial charge is 0.384 e. The molecule has 20 heavy (non-hydrogen) atoms. The van der Waals surface area contributed by atoms with Crippen molar-refractivity contribution in [1.82, 2.24) is 5.32 Å². The van der Waals surface area contributed by atoms with Crippen molar-refractivity contribution < 1.29 is 9.53 Å². The number of carbonyl (C=O) groups is 1. The van der Waals surface area contributed by atoms with Crippen LogP contribution in [0.5, 0.6) is 0 Å². The maximum atomic E-state index is 11.8. The molecule has 0 aliphatic carbocycles. The Morgan fingerprint density at radius 2 is 2.00 bits per heavy atom. The van der Waals surface area contributed by atoms with E-state index in [2.05, 4.69) is 17.4 Å². The summed E-state index contributed by atoms with van der Waals surface area (Å²) in [7, 11) is 1.70. The number of hydrogen-bond donors (Lipinski definition) is 2. The third kappa shape index (κ3) is 5.53. The molecule has 0 aromatic heterocycles. The molecule has 0 bridgehead atoms. The van der Waals surface area contributed by atoms with E-state index in [4.69, 9.17) is 10.5 Å². The fourth-order valence-corrected chi connectivity index (χ4v) is 2.46. The Balaban J connectivity index is 2.52. The minimum absolute atomic E-state index is 0.00135. The van der Waals surface area contributed by atoms with Gasteiger partial charge in [0, 0.05) is 30.2 Å². The molecule has 5 heteroatoms. The number of hydrogen-bond acceptors (Lipinski definition) is 4. The van der Waals surface area contributed by atoms with Crippen molar-refractivity contribution in [2.24, 2.45) is 11.7 Å². The van der Waals surface area contributed by atoms with Gasteiger partial charge in [-0.1, -0.05) is 19.1 Å². The number of benzene rings is 1. The topological polar surface area (TPSA) is 64.3 Å². The summed E-state index contributed by atoms with van der Waals surface area (Å²) in [5.74, 6) is 0.788. The molecule has 1 aromatic carbocycles. The van der Waals surface area contributed by atoms with Crippen molar-refractivity contribution >= 4 is 17.7 Å². The predicted octanol–water partition coefficient (Wildman–Crippen LogP) is 2.20. The zero-order chi connectivity index (χ0) is 15.0. The average Bonchev–Trinajstić information content (AvgIpc) is 2.47. The highest BCUT2D eigenvalue weighted by Crippen LogP contribution is 2.21. The van der Waals surface area contributed by atoms with Crippen LogP contribution in [0.2, 0.25) is 0 Å². The van der Waals surface area contributed by atoms with Crippen molar-refractivity contribution in [2.45, 2.75) is 24.8 Å². The van der Waals surface area contributed by atoms with E-state index in [-0.39, 0.29) is 17.9 Å². The minimum atomic E-state index is -0.152. The zero-order valence-electron chi connectivity index (χ0n) is 12.4. The average molecular weight is 296 g/mol. The summed E-state index contributed by atoms with van der Waals surface area (Å²) in [6.45, 7) is 4.93. The molecule has 0 heterocycles. The highest BCUT2D eigenvalue weighted by Gasteiger charge is 2.14. The van der Waals surface area contributed by atoms with E-state index >= 15 is 0 Å². The van der Waals surface area contributed by atoms with Gasteiger partial charge in [0.2, 0.25) is 5.91 Å². The molecule has 1 amide bonds. The second-order valence-electron chi connectivity index (χ2n) is 4.78. The van der Waals surface area contributed by atoms with Gasteiger partial charge in [0.25, 0.3) is 0 Å². The molecule has 2 unspecified atom stereocenters. The molecular weight excluding hydrogens is 272 g/mol. The molecule has 1 rings (SSSR count). The molecule has 0 saturated heterocycles. The lowest BCUT2D eigenvalue weighted by Crippen LogP contribution is -2.34. The van der Waals surface area contributed by atoms with Gasteiger partial charge in [-0.15, -0.1) is 11.8 Å². The standard InChI is InChI=1S/C15H24N2O2S/c1-11(10-16)15(18)17-12(2)13-4-6-14(7-5-13)20-9-8-19-3/h4-7,11-12H,8-10,16H2,1-3H3,(H,17,18). The fourth-order valence-electron chi connectivity index (χ4n) is 1.64. The van der Waals surface area contributed by atoms with E-state index in [0.29, 0.717) is 6.54 Å². The lowest BCUT2D eigenvalue weighted by Gasteiger charge is -2.17. The zero-order valence-corrected chi connectivity index (χ0v) is 13.2. The molecule has 0 fully saturated rings. The van der Waals surface area contributed by atoms with E-state index < -0.39 is 0 Å². The van der Waals surface area contributed by atoms with Crippen LogP contribution in [0, 0.1) is 5.92 Å². The Kier molecular flexibility index (Phi) is 7.65. The van der Waals surface area contributed by atoms with Crippen molar-refractivity contribution in [3.63, 3.8) is 0 Å². The first-order chi connectivity index (χ1) is 9.58. The molecule has 112 valence electrons. The number of amides is 1. The maximum Gasteiger partial charge on any atom is 0.224 e. The van der Waals surface area contributed by atoms with Crippen LogP contribution in [0.1, 0.15) is 25.5 Å². The monoisotopic (exact) mass is 296 g/mol. The molecule has 0 radical (unpaired) electrons. The van der Waals surface area contributed by atoms with E-state index in [9.17, 15) is 4.79 Å². The summed E-state index contributed by atoms with van der Waals surface area (Å²) in [5.41, 5.74) is 6.59. The van der Waals surface area contributed by atoms with Crippen LogP contribution in [-0.4, -0.2) is 31.9 Å². The van der Waals surface area contributed by atoms with Gasteiger partial charge < -0.3 is 15.8 Å². The molecule has 0 saturated carbocycles. The van der Waals surface area contributed by atoms with Crippen molar-refractivity contribution in [2.75, 3.05) is 26.0 Å². The smallest absolute Gasteiger partial charge is 0.224 e. The van der Waals surface area contributed by atoms with Gasteiger partial charge in [0.15, 0.2) is 0 Å². The molecule has 1 aromatic rings. The number of methoxy groups -OCH3 is 1. The third-order valence-electron chi connectivity index (χ3n) is 3.10. The van der Waals surface area contributed by atoms with Gasteiger partial charge in [0.05, 0.1) is 12.6 Å². The summed E-state index contributed by atoms with van der Waals surface area (Å²) in [5, 5.41) is 2.97. The molecule has 0 spiro atoms. The fraction of sp³-hybridized carbons (Fsp3) is 0.533. The highest BCUT2D eigenvalue weighted by molar-refractivity contribution is 7.99.